The van der Waals surface area contributed by atoms with E-state index < -0.39 is 0 Å². The van der Waals surface area contributed by atoms with Crippen molar-refractivity contribution in [3.8, 4) is 17.1 Å². The zero-order valence-electron chi connectivity index (χ0n) is 23.0. The molecule has 3 aromatic rings. The van der Waals surface area contributed by atoms with Crippen molar-refractivity contribution >= 4 is 22.4 Å². The SMILES string of the molecule is Cc1ccc(Nc2cc3nc4ccccc4n(-c4ccccc4)c-3cc2=NC2CCN(CC(C)C)CC2)cn1. The average molecular weight is 517 g/mol. The van der Waals surface area contributed by atoms with Gasteiger partial charge in [-0.05, 0) is 74.2 Å². The average Bonchev–Trinajstić information content (AvgIpc) is 2.94. The summed E-state index contributed by atoms with van der Waals surface area (Å²) in [6.07, 6.45) is 4.03. The van der Waals surface area contributed by atoms with Crippen LogP contribution in [-0.4, -0.2) is 45.1 Å². The lowest BCUT2D eigenvalue weighted by atomic mass is 10.0. The van der Waals surface area contributed by atoms with Gasteiger partial charge in [-0.3, -0.25) is 9.98 Å². The first-order valence-corrected chi connectivity index (χ1v) is 14.0. The van der Waals surface area contributed by atoms with Gasteiger partial charge in [0.2, 0.25) is 0 Å². The number of piperidine rings is 1. The Kier molecular flexibility index (Phi) is 7.12. The van der Waals surface area contributed by atoms with Crippen molar-refractivity contribution in [3.05, 3.63) is 96.1 Å². The summed E-state index contributed by atoms with van der Waals surface area (Å²) in [5.41, 5.74) is 8.01. The van der Waals surface area contributed by atoms with Crippen molar-refractivity contribution in [2.75, 3.05) is 25.0 Å². The number of anilines is 2. The van der Waals surface area contributed by atoms with Crippen LogP contribution in [0, 0.1) is 12.8 Å². The molecular formula is C33H36N6. The van der Waals surface area contributed by atoms with Crippen molar-refractivity contribution in [2.24, 2.45) is 10.9 Å². The highest BCUT2D eigenvalue weighted by Gasteiger charge is 2.21. The molecule has 198 valence electrons. The molecule has 2 aliphatic heterocycles. The van der Waals surface area contributed by atoms with Crippen LogP contribution in [0.1, 0.15) is 32.4 Å². The summed E-state index contributed by atoms with van der Waals surface area (Å²) in [6.45, 7) is 9.95. The number of benzene rings is 3. The summed E-state index contributed by atoms with van der Waals surface area (Å²) in [5, 5.41) is 4.57. The third-order valence-electron chi connectivity index (χ3n) is 7.40. The predicted molar refractivity (Wildman–Crippen MR) is 160 cm³/mol. The molecule has 0 amide bonds. The third-order valence-corrected chi connectivity index (χ3v) is 7.40. The highest BCUT2D eigenvalue weighted by Crippen LogP contribution is 2.30. The van der Waals surface area contributed by atoms with Gasteiger partial charge < -0.3 is 14.8 Å². The Morgan fingerprint density at radius 2 is 1.72 bits per heavy atom. The van der Waals surface area contributed by atoms with Gasteiger partial charge in [-0.15, -0.1) is 0 Å². The number of aryl methyl sites for hydroxylation is 1. The molecule has 1 N–H and O–H groups in total. The van der Waals surface area contributed by atoms with Gasteiger partial charge in [0.25, 0.3) is 0 Å². The molecule has 2 aromatic carbocycles. The molecule has 39 heavy (non-hydrogen) atoms. The van der Waals surface area contributed by atoms with Crippen LogP contribution in [0.25, 0.3) is 28.1 Å². The summed E-state index contributed by atoms with van der Waals surface area (Å²) in [5.74, 6) is 0.689. The number of pyridine rings is 1. The molecule has 6 nitrogen and oxygen atoms in total. The number of fused-ring (bicyclic) bond motifs is 2. The number of para-hydroxylation sites is 3. The molecule has 6 rings (SSSR count). The van der Waals surface area contributed by atoms with Gasteiger partial charge in [0.15, 0.2) is 0 Å². The lowest BCUT2D eigenvalue weighted by Crippen LogP contribution is -2.38. The van der Waals surface area contributed by atoms with Crippen LogP contribution in [0.4, 0.5) is 11.4 Å². The minimum atomic E-state index is 0.293. The van der Waals surface area contributed by atoms with E-state index >= 15 is 0 Å². The van der Waals surface area contributed by atoms with Crippen molar-refractivity contribution in [3.63, 3.8) is 0 Å². The van der Waals surface area contributed by atoms with Gasteiger partial charge >= 0.3 is 0 Å². The van der Waals surface area contributed by atoms with Gasteiger partial charge in [-0.2, -0.15) is 0 Å². The van der Waals surface area contributed by atoms with Crippen LogP contribution >= 0.6 is 0 Å². The fourth-order valence-corrected chi connectivity index (χ4v) is 5.55. The van der Waals surface area contributed by atoms with E-state index in [9.17, 15) is 0 Å². The second-order valence-electron chi connectivity index (χ2n) is 11.0. The molecule has 0 atom stereocenters. The van der Waals surface area contributed by atoms with Crippen molar-refractivity contribution in [1.82, 2.24) is 19.4 Å². The fraction of sp³-hybridized carbons (Fsp3) is 0.303. The predicted octanol–water partition coefficient (Wildman–Crippen LogP) is 6.60. The van der Waals surface area contributed by atoms with Crippen LogP contribution in [0.2, 0.25) is 0 Å². The van der Waals surface area contributed by atoms with Crippen LogP contribution in [0.15, 0.2) is 90.1 Å². The first kappa shape index (κ1) is 25.3. The molecule has 1 fully saturated rings. The second kappa shape index (κ2) is 11.0. The van der Waals surface area contributed by atoms with E-state index in [1.54, 1.807) is 0 Å². The summed E-state index contributed by atoms with van der Waals surface area (Å²) in [6, 6.07) is 27.6. The van der Waals surface area contributed by atoms with E-state index in [1.807, 2.05) is 25.3 Å². The van der Waals surface area contributed by atoms with E-state index in [0.717, 1.165) is 83.0 Å². The summed E-state index contributed by atoms with van der Waals surface area (Å²) < 4.78 is 2.30. The highest BCUT2D eigenvalue weighted by molar-refractivity contribution is 5.84. The standard InChI is InChI=1S/C33H36N6/c1-23(2)22-38-17-15-25(16-18-38)35-30-20-33-31(19-29(30)36-26-14-13-24(3)34-21-26)37-28-11-7-8-12-32(28)39(33)27-9-5-4-6-10-27/h4-14,19-21,23,25,36H,15-18,22H2,1-3H3. The Morgan fingerprint density at radius 3 is 2.46 bits per heavy atom. The molecule has 3 heterocycles. The summed E-state index contributed by atoms with van der Waals surface area (Å²) >= 11 is 0. The molecule has 0 bridgehead atoms. The summed E-state index contributed by atoms with van der Waals surface area (Å²) in [4.78, 5) is 17.5. The number of nitrogens with zero attached hydrogens (tertiary/aromatic N) is 5. The van der Waals surface area contributed by atoms with Gasteiger partial charge in [0.05, 0.1) is 51.4 Å². The number of likely N-dealkylation sites (tertiary alicyclic amines) is 1. The largest absolute Gasteiger partial charge is 0.352 e. The first-order valence-electron chi connectivity index (χ1n) is 14.0. The second-order valence-corrected chi connectivity index (χ2v) is 11.0. The van der Waals surface area contributed by atoms with Gasteiger partial charge in [0, 0.05) is 31.0 Å². The quantitative estimate of drug-likeness (QED) is 0.258. The van der Waals surface area contributed by atoms with Crippen molar-refractivity contribution in [1.29, 1.82) is 0 Å². The third kappa shape index (κ3) is 5.57. The normalized spacial score (nSPS) is 15.4. The minimum absolute atomic E-state index is 0.293. The van der Waals surface area contributed by atoms with E-state index in [2.05, 4.69) is 100 Å². The van der Waals surface area contributed by atoms with Crippen LogP contribution in [0.5, 0.6) is 0 Å². The van der Waals surface area contributed by atoms with E-state index in [1.165, 1.54) is 0 Å². The molecule has 0 radical (unpaired) electrons. The Bertz CT molecular complexity index is 1600. The minimum Gasteiger partial charge on any atom is -0.352 e. The van der Waals surface area contributed by atoms with Crippen LogP contribution in [-0.2, 0) is 0 Å². The van der Waals surface area contributed by atoms with E-state index in [0.29, 0.717) is 12.0 Å². The molecule has 1 aliphatic carbocycles. The van der Waals surface area contributed by atoms with E-state index in [-0.39, 0.29) is 0 Å². The van der Waals surface area contributed by atoms with Gasteiger partial charge in [-0.25, -0.2) is 4.98 Å². The number of hydrogen-bond donors (Lipinski definition) is 1. The first-order chi connectivity index (χ1) is 19.0. The van der Waals surface area contributed by atoms with Gasteiger partial charge in [-0.1, -0.05) is 44.2 Å². The number of aromatic nitrogens is 3. The van der Waals surface area contributed by atoms with Gasteiger partial charge in [0.1, 0.15) is 0 Å². The smallest absolute Gasteiger partial charge is 0.0900 e. The molecule has 0 unspecified atom stereocenters. The molecular weight excluding hydrogens is 480 g/mol. The van der Waals surface area contributed by atoms with Crippen LogP contribution < -0.4 is 10.7 Å². The topological polar surface area (TPSA) is 58.3 Å². The monoisotopic (exact) mass is 516 g/mol. The molecule has 1 saturated heterocycles. The zero-order valence-corrected chi connectivity index (χ0v) is 23.0. The van der Waals surface area contributed by atoms with E-state index in [4.69, 9.17) is 9.98 Å². The molecule has 3 aliphatic rings. The Morgan fingerprint density at radius 1 is 0.949 bits per heavy atom. The molecule has 0 spiro atoms. The Balaban J connectivity index is 1.51. The Hall–Kier alpha value is -4.03. The fourth-order valence-electron chi connectivity index (χ4n) is 5.55. The maximum Gasteiger partial charge on any atom is 0.0900 e. The zero-order chi connectivity index (χ0) is 26.8. The number of rotatable bonds is 6. The number of nitrogens with one attached hydrogen (secondary N) is 1. The Labute approximate surface area is 230 Å². The van der Waals surface area contributed by atoms with Crippen molar-refractivity contribution in [2.45, 2.75) is 39.7 Å². The molecule has 1 aromatic heterocycles. The molecule has 6 heteroatoms. The molecule has 0 saturated carbocycles. The van der Waals surface area contributed by atoms with Crippen molar-refractivity contribution < 1.29 is 0 Å². The lowest BCUT2D eigenvalue weighted by Gasteiger charge is -2.31. The highest BCUT2D eigenvalue weighted by atomic mass is 15.1. The maximum atomic E-state index is 5.36. The number of hydrogen-bond acceptors (Lipinski definition) is 5. The lowest BCUT2D eigenvalue weighted by molar-refractivity contribution is 0.192. The summed E-state index contributed by atoms with van der Waals surface area (Å²) in [7, 11) is 0. The maximum absolute atomic E-state index is 5.36. The van der Waals surface area contributed by atoms with Crippen LogP contribution in [0.3, 0.4) is 0 Å².